The molecule has 3 rings (SSSR count). The molecule has 0 amide bonds. The Bertz CT molecular complexity index is 977. The predicted octanol–water partition coefficient (Wildman–Crippen LogP) is 1.45. The van der Waals surface area contributed by atoms with Gasteiger partial charge in [-0.3, -0.25) is 18.8 Å². The van der Waals surface area contributed by atoms with Gasteiger partial charge in [-0.15, -0.1) is 0 Å². The fraction of sp³-hybridized carbons (Fsp3) is 0.333. The lowest BCUT2D eigenvalue weighted by atomic mass is 10.2. The number of hydrogen-bond acceptors (Lipinski definition) is 6. The molecule has 0 aliphatic carbocycles. The number of para-hydroxylation sites is 1. The van der Waals surface area contributed by atoms with Crippen molar-refractivity contribution in [2.75, 3.05) is 13.2 Å². The molecule has 0 aliphatic rings. The fourth-order valence-electron chi connectivity index (χ4n) is 2.54. The third-order valence-corrected chi connectivity index (χ3v) is 3.97. The zero-order valence-electron chi connectivity index (χ0n) is 14.7. The molecule has 26 heavy (non-hydrogen) atoms. The van der Waals surface area contributed by atoms with Crippen LogP contribution in [-0.2, 0) is 23.1 Å². The van der Waals surface area contributed by atoms with E-state index in [9.17, 15) is 9.59 Å². The van der Waals surface area contributed by atoms with Gasteiger partial charge in [0.05, 0.1) is 18.9 Å². The van der Waals surface area contributed by atoms with Gasteiger partial charge in [0, 0.05) is 13.6 Å². The molecular weight excluding hydrogens is 336 g/mol. The van der Waals surface area contributed by atoms with Gasteiger partial charge in [0.15, 0.2) is 5.65 Å². The first kappa shape index (κ1) is 17.7. The van der Waals surface area contributed by atoms with Crippen molar-refractivity contribution in [2.24, 2.45) is 7.05 Å². The first-order valence-corrected chi connectivity index (χ1v) is 8.27. The van der Waals surface area contributed by atoms with Crippen molar-refractivity contribution in [3.63, 3.8) is 0 Å². The third kappa shape index (κ3) is 3.90. The minimum Gasteiger partial charge on any atom is -0.490 e. The van der Waals surface area contributed by atoms with Gasteiger partial charge in [-0.05, 0) is 18.6 Å². The van der Waals surface area contributed by atoms with Crippen LogP contribution in [0.4, 0.5) is 0 Å². The molecule has 0 aliphatic heterocycles. The minimum absolute atomic E-state index is 0.0811. The molecule has 8 heteroatoms. The van der Waals surface area contributed by atoms with Crippen LogP contribution in [0.25, 0.3) is 11.0 Å². The van der Waals surface area contributed by atoms with Crippen LogP contribution >= 0.6 is 0 Å². The Morgan fingerprint density at radius 1 is 1.23 bits per heavy atom. The second kappa shape index (κ2) is 7.81. The van der Waals surface area contributed by atoms with E-state index in [1.54, 1.807) is 7.05 Å². The van der Waals surface area contributed by atoms with Crippen molar-refractivity contribution in [3.8, 4) is 5.75 Å². The Labute approximate surface area is 150 Å². The van der Waals surface area contributed by atoms with E-state index in [1.165, 1.54) is 21.8 Å². The van der Waals surface area contributed by atoms with Crippen molar-refractivity contribution >= 4 is 17.0 Å². The number of ether oxygens (including phenoxy) is 2. The van der Waals surface area contributed by atoms with Crippen LogP contribution in [0, 0.1) is 6.92 Å². The maximum atomic E-state index is 12.3. The van der Waals surface area contributed by atoms with Crippen molar-refractivity contribution in [1.82, 2.24) is 19.3 Å². The number of carbonyl (C=O) groups excluding carboxylic acids is 1. The molecule has 3 aromatic rings. The molecule has 0 radical (unpaired) electrons. The van der Waals surface area contributed by atoms with Gasteiger partial charge < -0.3 is 9.47 Å². The highest BCUT2D eigenvalue weighted by atomic mass is 16.6. The zero-order valence-corrected chi connectivity index (χ0v) is 14.7. The van der Waals surface area contributed by atoms with Gasteiger partial charge in [-0.1, -0.05) is 18.2 Å². The Morgan fingerprint density at radius 3 is 2.85 bits per heavy atom. The summed E-state index contributed by atoms with van der Waals surface area (Å²) in [6.07, 6.45) is 2.97. The van der Waals surface area contributed by atoms with Gasteiger partial charge in [0.25, 0.3) is 5.56 Å². The summed E-state index contributed by atoms with van der Waals surface area (Å²) in [4.78, 5) is 28.3. The first-order chi connectivity index (χ1) is 12.6. The molecule has 2 aromatic heterocycles. The molecule has 0 spiro atoms. The number of benzene rings is 1. The van der Waals surface area contributed by atoms with E-state index >= 15 is 0 Å². The van der Waals surface area contributed by atoms with E-state index in [0.717, 1.165) is 11.3 Å². The standard InChI is InChI=1S/C18H20N4O4/c1-13-5-3-4-6-15(13)25-9-10-26-16(23)7-8-22-12-19-17-14(18(22)24)11-20-21(17)2/h3-6,11-12H,7-10H2,1-2H3. The van der Waals surface area contributed by atoms with Crippen LogP contribution in [0.15, 0.2) is 41.6 Å². The molecule has 0 bridgehead atoms. The average Bonchev–Trinajstić information content (AvgIpc) is 3.01. The van der Waals surface area contributed by atoms with Gasteiger partial charge in [-0.2, -0.15) is 5.10 Å². The summed E-state index contributed by atoms with van der Waals surface area (Å²) in [6, 6.07) is 7.64. The van der Waals surface area contributed by atoms with Crippen LogP contribution < -0.4 is 10.3 Å². The van der Waals surface area contributed by atoms with E-state index in [1.807, 2.05) is 31.2 Å². The van der Waals surface area contributed by atoms with E-state index < -0.39 is 5.97 Å². The van der Waals surface area contributed by atoms with Crippen molar-refractivity contribution in [2.45, 2.75) is 19.9 Å². The molecule has 0 saturated heterocycles. The zero-order chi connectivity index (χ0) is 18.5. The molecule has 136 valence electrons. The molecule has 0 fully saturated rings. The van der Waals surface area contributed by atoms with Crippen LogP contribution in [-0.4, -0.2) is 38.5 Å². The molecule has 1 aromatic carbocycles. The highest BCUT2D eigenvalue weighted by Gasteiger charge is 2.10. The van der Waals surface area contributed by atoms with Gasteiger partial charge >= 0.3 is 5.97 Å². The SMILES string of the molecule is Cc1ccccc1OCCOC(=O)CCn1cnc2c(cnn2C)c1=O. The van der Waals surface area contributed by atoms with E-state index in [2.05, 4.69) is 10.1 Å². The van der Waals surface area contributed by atoms with Crippen LogP contribution in [0.3, 0.4) is 0 Å². The second-order valence-electron chi connectivity index (χ2n) is 5.83. The molecule has 0 saturated carbocycles. The lowest BCUT2D eigenvalue weighted by Crippen LogP contribution is -2.23. The summed E-state index contributed by atoms with van der Waals surface area (Å²) in [7, 11) is 1.72. The summed E-state index contributed by atoms with van der Waals surface area (Å²) in [6.45, 7) is 2.59. The number of fused-ring (bicyclic) bond motifs is 1. The van der Waals surface area contributed by atoms with E-state index in [-0.39, 0.29) is 31.7 Å². The number of hydrogen-bond donors (Lipinski definition) is 0. The minimum atomic E-state index is -0.392. The summed E-state index contributed by atoms with van der Waals surface area (Å²) in [5.74, 6) is 0.377. The number of aryl methyl sites for hydroxylation is 3. The maximum Gasteiger partial charge on any atom is 0.307 e. The Kier molecular flexibility index (Phi) is 5.31. The van der Waals surface area contributed by atoms with Crippen LogP contribution in [0.5, 0.6) is 5.75 Å². The molecule has 0 unspecified atom stereocenters. The Morgan fingerprint density at radius 2 is 2.04 bits per heavy atom. The van der Waals surface area contributed by atoms with Gasteiger partial charge in [-0.25, -0.2) is 4.98 Å². The lowest BCUT2D eigenvalue weighted by Gasteiger charge is -2.09. The maximum absolute atomic E-state index is 12.3. The lowest BCUT2D eigenvalue weighted by molar-refractivity contribution is -0.144. The molecule has 2 heterocycles. The van der Waals surface area contributed by atoms with E-state index in [0.29, 0.717) is 11.0 Å². The topological polar surface area (TPSA) is 88.2 Å². The third-order valence-electron chi connectivity index (χ3n) is 3.97. The highest BCUT2D eigenvalue weighted by Crippen LogP contribution is 2.15. The normalized spacial score (nSPS) is 10.8. The smallest absolute Gasteiger partial charge is 0.307 e. The number of nitrogens with zero attached hydrogens (tertiary/aromatic N) is 4. The van der Waals surface area contributed by atoms with Crippen molar-refractivity contribution < 1.29 is 14.3 Å². The summed E-state index contributed by atoms with van der Waals surface area (Å²) < 4.78 is 13.6. The predicted molar refractivity (Wildman–Crippen MR) is 95.0 cm³/mol. The Balaban J connectivity index is 1.46. The number of esters is 1. The fourth-order valence-corrected chi connectivity index (χ4v) is 2.54. The average molecular weight is 356 g/mol. The summed E-state index contributed by atoms with van der Waals surface area (Å²) >= 11 is 0. The van der Waals surface area contributed by atoms with Crippen LogP contribution in [0.1, 0.15) is 12.0 Å². The molecule has 0 atom stereocenters. The first-order valence-electron chi connectivity index (χ1n) is 8.27. The summed E-state index contributed by atoms with van der Waals surface area (Å²) in [5.41, 5.74) is 1.32. The number of rotatable bonds is 7. The molecule has 8 nitrogen and oxygen atoms in total. The highest BCUT2D eigenvalue weighted by molar-refractivity contribution is 5.73. The van der Waals surface area contributed by atoms with Crippen LogP contribution in [0.2, 0.25) is 0 Å². The Hall–Kier alpha value is -3.16. The van der Waals surface area contributed by atoms with Gasteiger partial charge in [0.2, 0.25) is 0 Å². The van der Waals surface area contributed by atoms with Gasteiger partial charge in [0.1, 0.15) is 24.3 Å². The second-order valence-corrected chi connectivity index (χ2v) is 5.83. The quantitative estimate of drug-likeness (QED) is 0.470. The van der Waals surface area contributed by atoms with Crippen molar-refractivity contribution in [3.05, 3.63) is 52.7 Å². The largest absolute Gasteiger partial charge is 0.490 e. The number of aromatic nitrogens is 4. The summed E-state index contributed by atoms with van der Waals surface area (Å²) in [5, 5.41) is 4.44. The van der Waals surface area contributed by atoms with Crippen molar-refractivity contribution in [1.29, 1.82) is 0 Å². The molecular formula is C18H20N4O4. The van der Waals surface area contributed by atoms with E-state index in [4.69, 9.17) is 9.47 Å². The molecule has 0 N–H and O–H groups in total. The monoisotopic (exact) mass is 356 g/mol. The number of carbonyl (C=O) groups is 1.